The summed E-state index contributed by atoms with van der Waals surface area (Å²) in [5.74, 6) is -0.338. The van der Waals surface area contributed by atoms with Crippen molar-refractivity contribution in [1.29, 1.82) is 0 Å². The molecule has 0 atom stereocenters. The number of anilines is 1. The third-order valence-corrected chi connectivity index (χ3v) is 3.41. The van der Waals surface area contributed by atoms with Gasteiger partial charge in [0, 0.05) is 30.9 Å². The molecule has 1 aliphatic rings. The van der Waals surface area contributed by atoms with Gasteiger partial charge >= 0.3 is 6.03 Å². The number of likely N-dealkylation sites (tertiary alicyclic amines) is 1. The smallest absolute Gasteiger partial charge is 0.321 e. The maximum Gasteiger partial charge on any atom is 0.321 e. The molecular weight excluding hydrogens is 245 g/mol. The Labute approximate surface area is 112 Å². The molecule has 19 heavy (non-hydrogen) atoms. The molecule has 0 saturated carbocycles. The van der Waals surface area contributed by atoms with Crippen LogP contribution in [-0.4, -0.2) is 24.0 Å². The van der Waals surface area contributed by atoms with E-state index in [2.05, 4.69) is 5.32 Å². The number of carbonyl (C=O) groups excluding carboxylic acids is 1. The molecule has 0 radical (unpaired) electrons. The molecule has 3 N–H and O–H groups in total. The third-order valence-electron chi connectivity index (χ3n) is 3.41. The van der Waals surface area contributed by atoms with Gasteiger partial charge in [-0.1, -0.05) is 12.8 Å². The van der Waals surface area contributed by atoms with Crippen molar-refractivity contribution in [3.8, 4) is 0 Å². The second kappa shape index (κ2) is 6.52. The molecule has 1 aromatic carbocycles. The highest BCUT2D eigenvalue weighted by Gasteiger charge is 2.15. The van der Waals surface area contributed by atoms with Gasteiger partial charge in [-0.3, -0.25) is 0 Å². The van der Waals surface area contributed by atoms with E-state index in [1.54, 1.807) is 12.1 Å². The maximum absolute atomic E-state index is 13.3. The first-order valence-electron chi connectivity index (χ1n) is 6.75. The summed E-state index contributed by atoms with van der Waals surface area (Å²) < 4.78 is 13.3. The lowest BCUT2D eigenvalue weighted by Crippen LogP contribution is -2.35. The molecule has 1 aromatic rings. The van der Waals surface area contributed by atoms with Gasteiger partial charge in [0.05, 0.1) is 0 Å². The van der Waals surface area contributed by atoms with Crippen LogP contribution in [0, 0.1) is 5.82 Å². The van der Waals surface area contributed by atoms with Crippen LogP contribution in [0.2, 0.25) is 0 Å². The Morgan fingerprint density at radius 3 is 2.58 bits per heavy atom. The second-order valence-corrected chi connectivity index (χ2v) is 4.84. The fraction of sp³-hybridized carbons (Fsp3) is 0.500. The molecule has 0 aromatic heterocycles. The monoisotopic (exact) mass is 265 g/mol. The Hall–Kier alpha value is -1.62. The molecule has 4 nitrogen and oxygen atoms in total. The summed E-state index contributed by atoms with van der Waals surface area (Å²) in [7, 11) is 0. The van der Waals surface area contributed by atoms with E-state index in [9.17, 15) is 9.18 Å². The zero-order valence-corrected chi connectivity index (χ0v) is 11.0. The first kappa shape index (κ1) is 13.8. The van der Waals surface area contributed by atoms with Gasteiger partial charge in [-0.05, 0) is 31.0 Å². The van der Waals surface area contributed by atoms with Gasteiger partial charge in [-0.15, -0.1) is 0 Å². The van der Waals surface area contributed by atoms with Crippen molar-refractivity contribution in [3.05, 3.63) is 29.6 Å². The fourth-order valence-electron chi connectivity index (χ4n) is 2.29. The van der Waals surface area contributed by atoms with Gasteiger partial charge in [-0.25, -0.2) is 9.18 Å². The minimum absolute atomic E-state index is 0.114. The maximum atomic E-state index is 13.3. The zero-order chi connectivity index (χ0) is 13.7. The molecule has 1 heterocycles. The number of nitrogens with zero attached hydrogens (tertiary/aromatic N) is 1. The molecular formula is C14H20FN3O. The van der Waals surface area contributed by atoms with Crippen LogP contribution in [0.15, 0.2) is 18.2 Å². The lowest BCUT2D eigenvalue weighted by atomic mass is 10.2. The first-order valence-corrected chi connectivity index (χ1v) is 6.75. The Morgan fingerprint density at radius 1 is 1.26 bits per heavy atom. The summed E-state index contributed by atoms with van der Waals surface area (Å²) in [6.45, 7) is 1.70. The summed E-state index contributed by atoms with van der Waals surface area (Å²) in [4.78, 5) is 13.9. The highest BCUT2D eigenvalue weighted by molar-refractivity contribution is 5.89. The van der Waals surface area contributed by atoms with Crippen LogP contribution >= 0.6 is 0 Å². The van der Waals surface area contributed by atoms with Crippen LogP contribution in [0.25, 0.3) is 0 Å². The van der Waals surface area contributed by atoms with Crippen molar-refractivity contribution in [3.63, 3.8) is 0 Å². The van der Waals surface area contributed by atoms with Crippen LogP contribution in [0.1, 0.15) is 31.2 Å². The molecule has 0 aliphatic carbocycles. The number of carbonyl (C=O) groups is 1. The number of halogens is 1. The predicted molar refractivity (Wildman–Crippen MR) is 73.4 cm³/mol. The number of rotatable bonds is 2. The Morgan fingerprint density at radius 2 is 1.95 bits per heavy atom. The standard InChI is InChI=1S/C14H20FN3O/c15-13-6-5-12(9-11(13)10-16)17-14(19)18-7-3-1-2-4-8-18/h5-6,9H,1-4,7-8,10,16H2,(H,17,19). The van der Waals surface area contributed by atoms with E-state index in [4.69, 9.17) is 5.73 Å². The highest BCUT2D eigenvalue weighted by atomic mass is 19.1. The van der Waals surface area contributed by atoms with E-state index in [-0.39, 0.29) is 18.4 Å². The molecule has 0 spiro atoms. The van der Waals surface area contributed by atoms with Gasteiger partial charge in [0.15, 0.2) is 0 Å². The van der Waals surface area contributed by atoms with Crippen molar-refractivity contribution >= 4 is 11.7 Å². The van der Waals surface area contributed by atoms with Crippen molar-refractivity contribution in [2.45, 2.75) is 32.2 Å². The van der Waals surface area contributed by atoms with Crippen molar-refractivity contribution in [2.75, 3.05) is 18.4 Å². The molecule has 1 saturated heterocycles. The van der Waals surface area contributed by atoms with Crippen molar-refractivity contribution in [2.24, 2.45) is 5.73 Å². The number of hydrogen-bond acceptors (Lipinski definition) is 2. The SMILES string of the molecule is NCc1cc(NC(=O)N2CCCCCC2)ccc1F. The van der Waals surface area contributed by atoms with E-state index in [0.29, 0.717) is 11.3 Å². The number of nitrogens with one attached hydrogen (secondary N) is 1. The predicted octanol–water partition coefficient (Wildman–Crippen LogP) is 2.69. The van der Waals surface area contributed by atoms with Crippen molar-refractivity contribution < 1.29 is 9.18 Å². The fourth-order valence-corrected chi connectivity index (χ4v) is 2.29. The summed E-state index contributed by atoms with van der Waals surface area (Å²) >= 11 is 0. The van der Waals surface area contributed by atoms with Crippen LogP contribution in [0.3, 0.4) is 0 Å². The van der Waals surface area contributed by atoms with E-state index in [1.165, 1.54) is 18.9 Å². The average molecular weight is 265 g/mol. The summed E-state index contributed by atoms with van der Waals surface area (Å²) in [6, 6.07) is 4.37. The molecule has 1 aliphatic heterocycles. The largest absolute Gasteiger partial charge is 0.326 e. The zero-order valence-electron chi connectivity index (χ0n) is 11.0. The molecule has 5 heteroatoms. The first-order chi connectivity index (χ1) is 9.20. The van der Waals surface area contributed by atoms with Gasteiger partial charge in [-0.2, -0.15) is 0 Å². The number of benzene rings is 1. The minimum Gasteiger partial charge on any atom is -0.326 e. The normalized spacial score (nSPS) is 16.0. The van der Waals surface area contributed by atoms with Crippen LogP contribution in [0.4, 0.5) is 14.9 Å². The average Bonchev–Trinajstić information content (AvgIpc) is 2.70. The Bertz CT molecular complexity index is 442. The van der Waals surface area contributed by atoms with Gasteiger partial charge in [0.25, 0.3) is 0 Å². The van der Waals surface area contributed by atoms with Crippen LogP contribution in [0.5, 0.6) is 0 Å². The number of hydrogen-bond donors (Lipinski definition) is 2. The molecule has 1 fully saturated rings. The van der Waals surface area contributed by atoms with E-state index < -0.39 is 0 Å². The van der Waals surface area contributed by atoms with Crippen LogP contribution < -0.4 is 11.1 Å². The minimum atomic E-state index is -0.338. The molecule has 0 unspecified atom stereocenters. The Kier molecular flexibility index (Phi) is 4.74. The lowest BCUT2D eigenvalue weighted by Gasteiger charge is -2.21. The summed E-state index contributed by atoms with van der Waals surface area (Å²) in [5, 5.41) is 2.81. The van der Waals surface area contributed by atoms with E-state index in [1.807, 2.05) is 4.90 Å². The molecule has 104 valence electrons. The van der Waals surface area contributed by atoms with Crippen molar-refractivity contribution in [1.82, 2.24) is 4.90 Å². The summed E-state index contributed by atoms with van der Waals surface area (Å²) in [5.41, 5.74) is 6.46. The molecule has 2 rings (SSSR count). The Balaban J connectivity index is 2.01. The number of amides is 2. The van der Waals surface area contributed by atoms with Gasteiger partial charge < -0.3 is 16.0 Å². The van der Waals surface area contributed by atoms with E-state index in [0.717, 1.165) is 25.9 Å². The topological polar surface area (TPSA) is 58.4 Å². The molecule has 0 bridgehead atoms. The quantitative estimate of drug-likeness (QED) is 0.863. The summed E-state index contributed by atoms with van der Waals surface area (Å²) in [6.07, 6.45) is 4.45. The van der Waals surface area contributed by atoms with Gasteiger partial charge in [0.1, 0.15) is 5.82 Å². The number of nitrogens with two attached hydrogens (primary N) is 1. The van der Waals surface area contributed by atoms with Crippen LogP contribution in [-0.2, 0) is 6.54 Å². The lowest BCUT2D eigenvalue weighted by molar-refractivity contribution is 0.214. The highest BCUT2D eigenvalue weighted by Crippen LogP contribution is 2.16. The number of urea groups is 1. The van der Waals surface area contributed by atoms with Gasteiger partial charge in [0.2, 0.25) is 0 Å². The van der Waals surface area contributed by atoms with E-state index >= 15 is 0 Å². The second-order valence-electron chi connectivity index (χ2n) is 4.84. The third kappa shape index (κ3) is 3.67. The molecule has 2 amide bonds.